The summed E-state index contributed by atoms with van der Waals surface area (Å²) < 4.78 is 5.37. The summed E-state index contributed by atoms with van der Waals surface area (Å²) in [5, 5.41) is 2.31. The van der Waals surface area contributed by atoms with Crippen LogP contribution in [0.2, 0.25) is 0 Å². The Bertz CT molecular complexity index is 1150. The van der Waals surface area contributed by atoms with Crippen molar-refractivity contribution in [2.24, 2.45) is 0 Å². The maximum absolute atomic E-state index is 11.7. The fourth-order valence-electron chi connectivity index (χ4n) is 3.39. The molecule has 0 spiro atoms. The summed E-state index contributed by atoms with van der Waals surface area (Å²) >= 11 is 0. The van der Waals surface area contributed by atoms with E-state index >= 15 is 0 Å². The summed E-state index contributed by atoms with van der Waals surface area (Å²) in [6, 6.07) is 14.5. The van der Waals surface area contributed by atoms with Crippen LogP contribution in [0.3, 0.4) is 0 Å². The van der Waals surface area contributed by atoms with Gasteiger partial charge in [-0.05, 0) is 75.9 Å². The first kappa shape index (κ1) is 19.7. The molecule has 2 heterocycles. The van der Waals surface area contributed by atoms with Gasteiger partial charge in [-0.3, -0.25) is 0 Å². The predicted octanol–water partition coefficient (Wildman–Crippen LogP) is 5.73. The lowest BCUT2D eigenvalue weighted by atomic mass is 10.1. The lowest BCUT2D eigenvalue weighted by molar-refractivity contribution is 0.553. The second-order valence-electron chi connectivity index (χ2n) is 7.06. The van der Waals surface area contributed by atoms with Crippen molar-refractivity contribution >= 4 is 27.6 Å². The Morgan fingerprint density at radius 1 is 0.929 bits per heavy atom. The molecule has 0 saturated heterocycles. The highest BCUT2D eigenvalue weighted by molar-refractivity contribution is 5.84. The molecular weight excluding hydrogens is 348 g/mol. The smallest absolute Gasteiger partial charge is 0.339 e. The Morgan fingerprint density at radius 3 is 2.39 bits per heavy atom. The van der Waals surface area contributed by atoms with E-state index in [0.29, 0.717) is 11.1 Å². The van der Waals surface area contributed by atoms with Crippen molar-refractivity contribution in [1.82, 2.24) is 4.98 Å². The summed E-state index contributed by atoms with van der Waals surface area (Å²) in [7, 11) is 0. The van der Waals surface area contributed by atoms with Gasteiger partial charge >= 0.3 is 5.63 Å². The predicted molar refractivity (Wildman–Crippen MR) is 119 cm³/mol. The van der Waals surface area contributed by atoms with Gasteiger partial charge < -0.3 is 14.3 Å². The van der Waals surface area contributed by atoms with Gasteiger partial charge in [0.05, 0.1) is 0 Å². The molecule has 1 N–H and O–H groups in total. The molecule has 146 valence electrons. The summed E-state index contributed by atoms with van der Waals surface area (Å²) in [5.41, 5.74) is 5.76. The third-order valence-corrected chi connectivity index (χ3v) is 5.28. The van der Waals surface area contributed by atoms with E-state index in [2.05, 4.69) is 61.0 Å². The molecule has 4 nitrogen and oxygen atoms in total. The van der Waals surface area contributed by atoms with Crippen molar-refractivity contribution in [2.75, 3.05) is 18.0 Å². The topological polar surface area (TPSA) is 49.2 Å². The Kier molecular flexibility index (Phi) is 5.88. The van der Waals surface area contributed by atoms with Gasteiger partial charge in [0.25, 0.3) is 0 Å². The molecule has 4 heteroatoms. The number of nitrogens with zero attached hydrogens (tertiary/aromatic N) is 1. The number of anilines is 1. The van der Waals surface area contributed by atoms with E-state index in [1.54, 1.807) is 6.92 Å². The SMILES string of the molecule is CCN(CC)c1ccc2c(C)c(C)c(=O)oc2c1.Cc1ccc2[nH]ccc2c1. The quantitative estimate of drug-likeness (QED) is 0.464. The molecular formula is C24H28N2O2. The van der Waals surface area contributed by atoms with E-state index in [9.17, 15) is 4.79 Å². The Morgan fingerprint density at radius 2 is 1.68 bits per heavy atom. The number of benzene rings is 2. The summed E-state index contributed by atoms with van der Waals surface area (Å²) in [6.45, 7) is 12.0. The van der Waals surface area contributed by atoms with Crippen molar-refractivity contribution in [1.29, 1.82) is 0 Å². The number of rotatable bonds is 3. The molecule has 0 atom stereocenters. The van der Waals surface area contributed by atoms with Gasteiger partial charge in [0, 0.05) is 47.5 Å². The molecule has 0 unspecified atom stereocenters. The molecule has 0 radical (unpaired) electrons. The molecule has 0 aliphatic rings. The zero-order chi connectivity index (χ0) is 20.3. The number of hydrogen-bond acceptors (Lipinski definition) is 3. The average Bonchev–Trinajstić information content (AvgIpc) is 3.15. The molecule has 28 heavy (non-hydrogen) atoms. The highest BCUT2D eigenvalue weighted by atomic mass is 16.4. The average molecular weight is 377 g/mol. The van der Waals surface area contributed by atoms with E-state index in [4.69, 9.17) is 4.42 Å². The van der Waals surface area contributed by atoms with Gasteiger partial charge in [-0.25, -0.2) is 4.79 Å². The van der Waals surface area contributed by atoms with Crippen LogP contribution in [0.5, 0.6) is 0 Å². The summed E-state index contributed by atoms with van der Waals surface area (Å²) in [4.78, 5) is 17.1. The third kappa shape index (κ3) is 3.96. The lowest BCUT2D eigenvalue weighted by Crippen LogP contribution is -2.21. The second-order valence-corrected chi connectivity index (χ2v) is 7.06. The van der Waals surface area contributed by atoms with E-state index in [-0.39, 0.29) is 5.63 Å². The van der Waals surface area contributed by atoms with Gasteiger partial charge in [0.1, 0.15) is 5.58 Å². The largest absolute Gasteiger partial charge is 0.422 e. The van der Waals surface area contributed by atoms with E-state index in [1.807, 2.05) is 25.3 Å². The number of aromatic nitrogens is 1. The molecule has 0 amide bonds. The molecule has 4 aromatic rings. The van der Waals surface area contributed by atoms with Crippen LogP contribution in [0.25, 0.3) is 21.9 Å². The lowest BCUT2D eigenvalue weighted by Gasteiger charge is -2.21. The highest BCUT2D eigenvalue weighted by Crippen LogP contribution is 2.24. The maximum atomic E-state index is 11.7. The fourth-order valence-corrected chi connectivity index (χ4v) is 3.39. The van der Waals surface area contributed by atoms with Crippen LogP contribution in [0.4, 0.5) is 5.69 Å². The number of aryl methyl sites for hydroxylation is 2. The third-order valence-electron chi connectivity index (χ3n) is 5.28. The van der Waals surface area contributed by atoms with Crippen LogP contribution in [0.1, 0.15) is 30.5 Å². The number of H-pyrrole nitrogens is 1. The standard InChI is InChI=1S/C15H19NO2.C9H9N/c1-5-16(6-2)12-7-8-13-10(3)11(4)15(17)18-14(13)9-12;1-7-2-3-9-8(6-7)4-5-10-9/h7-9H,5-6H2,1-4H3;2-6,10H,1H3. The van der Waals surface area contributed by atoms with Gasteiger partial charge in [-0.2, -0.15) is 0 Å². The minimum Gasteiger partial charge on any atom is -0.422 e. The molecule has 2 aromatic heterocycles. The molecule has 0 bridgehead atoms. The highest BCUT2D eigenvalue weighted by Gasteiger charge is 2.09. The first-order valence-electron chi connectivity index (χ1n) is 9.77. The van der Waals surface area contributed by atoms with Crippen molar-refractivity contribution in [3.8, 4) is 0 Å². The first-order chi connectivity index (χ1) is 13.4. The molecule has 4 rings (SSSR count). The number of hydrogen-bond donors (Lipinski definition) is 1. The van der Waals surface area contributed by atoms with Crippen molar-refractivity contribution in [3.05, 3.63) is 75.8 Å². The van der Waals surface area contributed by atoms with Crippen LogP contribution in [-0.2, 0) is 0 Å². The van der Waals surface area contributed by atoms with Gasteiger partial charge in [-0.1, -0.05) is 11.6 Å². The van der Waals surface area contributed by atoms with E-state index in [1.165, 1.54) is 16.5 Å². The van der Waals surface area contributed by atoms with Crippen LogP contribution >= 0.6 is 0 Å². The van der Waals surface area contributed by atoms with Crippen molar-refractivity contribution < 1.29 is 4.42 Å². The van der Waals surface area contributed by atoms with Crippen LogP contribution in [0, 0.1) is 20.8 Å². The van der Waals surface area contributed by atoms with Crippen LogP contribution in [-0.4, -0.2) is 18.1 Å². The maximum Gasteiger partial charge on any atom is 0.339 e. The first-order valence-corrected chi connectivity index (χ1v) is 9.77. The van der Waals surface area contributed by atoms with Crippen molar-refractivity contribution in [2.45, 2.75) is 34.6 Å². The van der Waals surface area contributed by atoms with Crippen LogP contribution < -0.4 is 10.5 Å². The van der Waals surface area contributed by atoms with Crippen LogP contribution in [0.15, 0.2) is 57.9 Å². The molecule has 2 aromatic carbocycles. The second kappa shape index (κ2) is 8.34. The zero-order valence-electron chi connectivity index (χ0n) is 17.3. The molecule has 0 saturated carbocycles. The Balaban J connectivity index is 0.000000188. The zero-order valence-corrected chi connectivity index (χ0v) is 17.3. The van der Waals surface area contributed by atoms with Gasteiger partial charge in [0.2, 0.25) is 0 Å². The summed E-state index contributed by atoms with van der Waals surface area (Å²) in [5.74, 6) is 0. The normalized spacial score (nSPS) is 10.8. The molecule has 0 aliphatic carbocycles. The minimum absolute atomic E-state index is 0.239. The minimum atomic E-state index is -0.239. The van der Waals surface area contributed by atoms with Crippen molar-refractivity contribution in [3.63, 3.8) is 0 Å². The molecule has 0 aliphatic heterocycles. The van der Waals surface area contributed by atoms with E-state index < -0.39 is 0 Å². The van der Waals surface area contributed by atoms with Gasteiger partial charge in [-0.15, -0.1) is 0 Å². The molecule has 0 fully saturated rings. The number of fused-ring (bicyclic) bond motifs is 2. The summed E-state index contributed by atoms with van der Waals surface area (Å²) in [6.07, 6.45) is 1.96. The fraction of sp³-hybridized carbons (Fsp3) is 0.292. The van der Waals surface area contributed by atoms with Gasteiger partial charge in [0.15, 0.2) is 0 Å². The Labute approximate surface area is 165 Å². The number of nitrogens with one attached hydrogen (secondary N) is 1. The van der Waals surface area contributed by atoms with E-state index in [0.717, 1.165) is 29.7 Å². The monoisotopic (exact) mass is 376 g/mol. The number of aromatic amines is 1. The Hall–Kier alpha value is -3.01.